The van der Waals surface area contributed by atoms with Crippen molar-refractivity contribution in [2.24, 2.45) is 5.73 Å². The second kappa shape index (κ2) is 5.31. The second-order valence-electron chi connectivity index (χ2n) is 3.71. The van der Waals surface area contributed by atoms with Gasteiger partial charge in [-0.25, -0.2) is 4.98 Å². The van der Waals surface area contributed by atoms with E-state index in [4.69, 9.17) is 5.73 Å². The van der Waals surface area contributed by atoms with E-state index < -0.39 is 0 Å². The van der Waals surface area contributed by atoms with Gasteiger partial charge in [0.25, 0.3) is 0 Å². The highest BCUT2D eigenvalue weighted by molar-refractivity contribution is 8.01. The van der Waals surface area contributed by atoms with E-state index in [1.54, 1.807) is 34.4 Å². The number of nitrogens with zero attached hydrogens (tertiary/aromatic N) is 1. The van der Waals surface area contributed by atoms with Gasteiger partial charge in [0.15, 0.2) is 4.34 Å². The van der Waals surface area contributed by atoms with Crippen molar-refractivity contribution in [3.8, 4) is 0 Å². The minimum atomic E-state index is 0.129. The Labute approximate surface area is 108 Å². The highest BCUT2D eigenvalue weighted by Crippen LogP contribution is 2.39. The average molecular weight is 270 g/mol. The van der Waals surface area contributed by atoms with Crippen LogP contribution in [0, 0.1) is 6.92 Å². The second-order valence-corrected chi connectivity index (χ2v) is 6.74. The van der Waals surface area contributed by atoms with E-state index in [0.29, 0.717) is 5.25 Å². The molecule has 0 bridgehead atoms. The van der Waals surface area contributed by atoms with Crippen LogP contribution in [-0.4, -0.2) is 11.0 Å². The Morgan fingerprint density at radius 1 is 1.44 bits per heavy atom. The summed E-state index contributed by atoms with van der Waals surface area (Å²) < 4.78 is 1.10. The molecular formula is C11H14N2S3. The summed E-state index contributed by atoms with van der Waals surface area (Å²) in [6.45, 7) is 4.07. The molecule has 2 rings (SSSR count). The van der Waals surface area contributed by atoms with Crippen LogP contribution in [0.25, 0.3) is 0 Å². The standard InChI is InChI=1S/C11H14N2S3/c1-7-5-15-11(13-7)16-10(8(2)12)9-3-4-14-6-9/h3-6,8,10H,12H2,1-2H3. The molecule has 86 valence electrons. The molecule has 0 radical (unpaired) electrons. The monoisotopic (exact) mass is 270 g/mol. The van der Waals surface area contributed by atoms with Crippen LogP contribution in [0.3, 0.4) is 0 Å². The smallest absolute Gasteiger partial charge is 0.150 e. The maximum atomic E-state index is 6.04. The van der Waals surface area contributed by atoms with E-state index in [-0.39, 0.29) is 6.04 Å². The minimum absolute atomic E-state index is 0.129. The van der Waals surface area contributed by atoms with Crippen molar-refractivity contribution >= 4 is 34.4 Å². The summed E-state index contributed by atoms with van der Waals surface area (Å²) >= 11 is 5.17. The summed E-state index contributed by atoms with van der Waals surface area (Å²) in [7, 11) is 0. The predicted molar refractivity (Wildman–Crippen MR) is 73.4 cm³/mol. The zero-order valence-electron chi connectivity index (χ0n) is 9.21. The fourth-order valence-corrected chi connectivity index (χ4v) is 4.30. The Morgan fingerprint density at radius 3 is 2.75 bits per heavy atom. The third-order valence-corrected chi connectivity index (χ3v) is 5.45. The molecule has 0 fully saturated rings. The number of hydrogen-bond acceptors (Lipinski definition) is 5. The molecule has 0 saturated heterocycles. The molecule has 16 heavy (non-hydrogen) atoms. The largest absolute Gasteiger partial charge is 0.327 e. The summed E-state index contributed by atoms with van der Waals surface area (Å²) in [5, 5.41) is 6.64. The number of aryl methyl sites for hydroxylation is 1. The van der Waals surface area contributed by atoms with Gasteiger partial charge >= 0.3 is 0 Å². The first kappa shape index (κ1) is 12.1. The molecule has 2 aromatic heterocycles. The van der Waals surface area contributed by atoms with E-state index in [2.05, 4.69) is 34.1 Å². The Kier molecular flexibility index (Phi) is 4.02. The molecule has 2 atom stereocenters. The molecule has 0 spiro atoms. The van der Waals surface area contributed by atoms with Gasteiger partial charge in [0.2, 0.25) is 0 Å². The van der Waals surface area contributed by atoms with Crippen LogP contribution in [-0.2, 0) is 0 Å². The molecule has 0 aliphatic heterocycles. The molecule has 0 saturated carbocycles. The van der Waals surface area contributed by atoms with Gasteiger partial charge in [0.1, 0.15) is 0 Å². The number of hydrogen-bond donors (Lipinski definition) is 1. The van der Waals surface area contributed by atoms with Gasteiger partial charge in [-0.2, -0.15) is 11.3 Å². The summed E-state index contributed by atoms with van der Waals surface area (Å²) in [6.07, 6.45) is 0. The first-order chi connectivity index (χ1) is 7.66. The van der Waals surface area contributed by atoms with Gasteiger partial charge in [-0.15, -0.1) is 11.3 Å². The van der Waals surface area contributed by atoms with Gasteiger partial charge in [0.05, 0.1) is 5.25 Å². The molecular weight excluding hydrogens is 256 g/mol. The summed E-state index contributed by atoms with van der Waals surface area (Å²) in [5.74, 6) is 0. The van der Waals surface area contributed by atoms with E-state index in [1.807, 2.05) is 6.92 Å². The SMILES string of the molecule is Cc1csc(SC(c2ccsc2)C(C)N)n1. The molecule has 0 aliphatic carbocycles. The Morgan fingerprint density at radius 2 is 2.25 bits per heavy atom. The van der Waals surface area contributed by atoms with Gasteiger partial charge in [-0.1, -0.05) is 11.8 Å². The lowest BCUT2D eigenvalue weighted by Crippen LogP contribution is -2.22. The van der Waals surface area contributed by atoms with Crippen molar-refractivity contribution in [3.05, 3.63) is 33.5 Å². The lowest BCUT2D eigenvalue weighted by Gasteiger charge is -2.17. The molecule has 2 N–H and O–H groups in total. The van der Waals surface area contributed by atoms with Crippen LogP contribution in [0.4, 0.5) is 0 Å². The summed E-state index contributed by atoms with van der Waals surface area (Å²) in [5.41, 5.74) is 8.43. The van der Waals surface area contributed by atoms with E-state index in [9.17, 15) is 0 Å². The number of thioether (sulfide) groups is 1. The molecule has 0 amide bonds. The first-order valence-corrected chi connectivity index (χ1v) is 7.73. The predicted octanol–water partition coefficient (Wildman–Crippen LogP) is 3.69. The van der Waals surface area contributed by atoms with Crippen molar-refractivity contribution < 1.29 is 0 Å². The van der Waals surface area contributed by atoms with Gasteiger partial charge in [-0.05, 0) is 36.2 Å². The average Bonchev–Trinajstić information content (AvgIpc) is 2.84. The topological polar surface area (TPSA) is 38.9 Å². The molecule has 2 unspecified atom stereocenters. The zero-order chi connectivity index (χ0) is 11.5. The summed E-state index contributed by atoms with van der Waals surface area (Å²) in [4.78, 5) is 4.47. The third kappa shape index (κ3) is 2.85. The lowest BCUT2D eigenvalue weighted by atomic mass is 10.1. The lowest BCUT2D eigenvalue weighted by molar-refractivity contribution is 0.723. The normalized spacial score (nSPS) is 14.9. The quantitative estimate of drug-likeness (QED) is 0.861. The minimum Gasteiger partial charge on any atom is -0.327 e. The number of nitrogens with two attached hydrogens (primary N) is 1. The van der Waals surface area contributed by atoms with Crippen molar-refractivity contribution in [3.63, 3.8) is 0 Å². The summed E-state index contributed by atoms with van der Waals surface area (Å²) in [6, 6.07) is 2.27. The zero-order valence-corrected chi connectivity index (χ0v) is 11.7. The van der Waals surface area contributed by atoms with E-state index in [0.717, 1.165) is 10.0 Å². The number of thiophene rings is 1. The Bertz CT molecular complexity index is 434. The van der Waals surface area contributed by atoms with Crippen molar-refractivity contribution in [2.75, 3.05) is 0 Å². The molecule has 2 aromatic rings. The fourth-order valence-electron chi connectivity index (χ4n) is 1.41. The van der Waals surface area contributed by atoms with Gasteiger partial charge in [-0.3, -0.25) is 0 Å². The molecule has 5 heteroatoms. The van der Waals surface area contributed by atoms with E-state index in [1.165, 1.54) is 5.56 Å². The highest BCUT2D eigenvalue weighted by Gasteiger charge is 2.19. The first-order valence-electron chi connectivity index (χ1n) is 5.03. The van der Waals surface area contributed by atoms with Crippen molar-refractivity contribution in [1.29, 1.82) is 0 Å². The Balaban J connectivity index is 2.15. The Hall–Kier alpha value is -0.360. The molecule has 2 nitrogen and oxygen atoms in total. The van der Waals surface area contributed by atoms with Crippen LogP contribution >= 0.6 is 34.4 Å². The van der Waals surface area contributed by atoms with Gasteiger partial charge in [0, 0.05) is 17.1 Å². The van der Waals surface area contributed by atoms with Crippen molar-refractivity contribution in [2.45, 2.75) is 29.5 Å². The van der Waals surface area contributed by atoms with Crippen LogP contribution < -0.4 is 5.73 Å². The van der Waals surface area contributed by atoms with Crippen LogP contribution in [0.1, 0.15) is 23.4 Å². The highest BCUT2D eigenvalue weighted by atomic mass is 32.2. The number of rotatable bonds is 4. The van der Waals surface area contributed by atoms with Crippen LogP contribution in [0.5, 0.6) is 0 Å². The van der Waals surface area contributed by atoms with Crippen LogP contribution in [0.15, 0.2) is 26.5 Å². The maximum Gasteiger partial charge on any atom is 0.150 e. The van der Waals surface area contributed by atoms with Gasteiger partial charge < -0.3 is 5.73 Å². The van der Waals surface area contributed by atoms with Crippen molar-refractivity contribution in [1.82, 2.24) is 4.98 Å². The number of aromatic nitrogens is 1. The van der Waals surface area contributed by atoms with Crippen LogP contribution in [0.2, 0.25) is 0 Å². The molecule has 2 heterocycles. The van der Waals surface area contributed by atoms with E-state index >= 15 is 0 Å². The third-order valence-electron chi connectivity index (χ3n) is 2.17. The molecule has 0 aromatic carbocycles. The fraction of sp³-hybridized carbons (Fsp3) is 0.364. The maximum absolute atomic E-state index is 6.04. The molecule has 0 aliphatic rings. The number of thiazole rings is 1.